The van der Waals surface area contributed by atoms with Gasteiger partial charge in [0.15, 0.2) is 0 Å². The van der Waals surface area contributed by atoms with Gasteiger partial charge in [-0.3, -0.25) is 4.90 Å². The Kier molecular flexibility index (Phi) is 4.12. The first kappa shape index (κ1) is 10.9. The average molecular weight is 189 g/mol. The molecular weight excluding hydrogens is 170 g/mol. The van der Waals surface area contributed by atoms with Crippen molar-refractivity contribution >= 4 is 0 Å². The van der Waals surface area contributed by atoms with Gasteiger partial charge in [-0.25, -0.2) is 0 Å². The minimum absolute atomic E-state index is 0.0569. The maximum absolute atomic E-state index is 9.02. The quantitative estimate of drug-likeness (QED) is 0.625. The third-order valence-electron chi connectivity index (χ3n) is 2.59. The summed E-state index contributed by atoms with van der Waals surface area (Å²) in [5, 5.41) is 18.0. The number of rotatable bonds is 3. The molecule has 0 aromatic carbocycles. The molecule has 0 aromatic heterocycles. The van der Waals surface area contributed by atoms with Crippen LogP contribution < -0.4 is 0 Å². The van der Waals surface area contributed by atoms with Crippen molar-refractivity contribution in [2.45, 2.75) is 32.0 Å². The summed E-state index contributed by atoms with van der Waals surface area (Å²) in [5.74, 6) is 0. The van der Waals surface area contributed by atoms with E-state index in [2.05, 4.69) is 11.8 Å². The zero-order valence-electron chi connectivity index (χ0n) is 8.31. The summed E-state index contributed by atoms with van der Waals surface area (Å²) >= 11 is 0. The Bertz CT molecular complexity index is 150. The molecule has 1 saturated heterocycles. The minimum Gasteiger partial charge on any atom is -0.395 e. The second-order valence-electron chi connectivity index (χ2n) is 3.72. The highest BCUT2D eigenvalue weighted by Gasteiger charge is 2.28. The van der Waals surface area contributed by atoms with Crippen LogP contribution >= 0.6 is 0 Å². The number of nitrogens with zero attached hydrogens (tertiary/aromatic N) is 1. The Morgan fingerprint density at radius 1 is 1.54 bits per heavy atom. The van der Waals surface area contributed by atoms with E-state index in [-0.39, 0.29) is 25.4 Å². The summed E-state index contributed by atoms with van der Waals surface area (Å²) in [4.78, 5) is 2.17. The van der Waals surface area contributed by atoms with E-state index in [1.54, 1.807) is 0 Å². The molecule has 1 heterocycles. The van der Waals surface area contributed by atoms with Gasteiger partial charge in [0.1, 0.15) is 0 Å². The number of aliphatic hydroxyl groups excluding tert-OH is 2. The van der Waals surface area contributed by atoms with Crippen LogP contribution in [0.4, 0.5) is 0 Å². The molecule has 4 heteroatoms. The molecule has 0 saturated carbocycles. The van der Waals surface area contributed by atoms with Gasteiger partial charge in [0.05, 0.1) is 25.9 Å². The third-order valence-corrected chi connectivity index (χ3v) is 2.59. The highest BCUT2D eigenvalue weighted by molar-refractivity contribution is 4.80. The van der Waals surface area contributed by atoms with Gasteiger partial charge in [-0.1, -0.05) is 0 Å². The van der Waals surface area contributed by atoms with Crippen LogP contribution in [0.25, 0.3) is 0 Å². The van der Waals surface area contributed by atoms with Crippen molar-refractivity contribution in [1.82, 2.24) is 4.90 Å². The molecule has 78 valence electrons. The summed E-state index contributed by atoms with van der Waals surface area (Å²) in [6.45, 7) is 5.61. The normalized spacial score (nSPS) is 33.2. The molecule has 3 atom stereocenters. The fourth-order valence-corrected chi connectivity index (χ4v) is 1.67. The van der Waals surface area contributed by atoms with Crippen LogP contribution in [0.3, 0.4) is 0 Å². The Balaban J connectivity index is 2.49. The molecule has 0 spiro atoms. The first-order valence-corrected chi connectivity index (χ1v) is 4.78. The van der Waals surface area contributed by atoms with Crippen LogP contribution in [-0.2, 0) is 4.74 Å². The van der Waals surface area contributed by atoms with Crippen molar-refractivity contribution in [1.29, 1.82) is 0 Å². The maximum atomic E-state index is 9.02. The van der Waals surface area contributed by atoms with Gasteiger partial charge in [0.25, 0.3) is 0 Å². The van der Waals surface area contributed by atoms with E-state index in [4.69, 9.17) is 14.9 Å². The van der Waals surface area contributed by atoms with Crippen LogP contribution in [0.5, 0.6) is 0 Å². The molecule has 13 heavy (non-hydrogen) atoms. The summed E-state index contributed by atoms with van der Waals surface area (Å²) in [6.07, 6.45) is -0.0924. The second-order valence-corrected chi connectivity index (χ2v) is 3.72. The molecule has 3 unspecified atom stereocenters. The number of morpholine rings is 1. The van der Waals surface area contributed by atoms with Gasteiger partial charge >= 0.3 is 0 Å². The first-order valence-electron chi connectivity index (χ1n) is 4.78. The van der Waals surface area contributed by atoms with Crippen molar-refractivity contribution in [3.63, 3.8) is 0 Å². The molecule has 0 radical (unpaired) electrons. The molecule has 4 nitrogen and oxygen atoms in total. The lowest BCUT2D eigenvalue weighted by Gasteiger charge is -2.40. The second kappa shape index (κ2) is 4.91. The summed E-state index contributed by atoms with van der Waals surface area (Å²) in [5.41, 5.74) is 0. The molecule has 1 rings (SSSR count). The minimum atomic E-state index is -0.0924. The van der Waals surface area contributed by atoms with Gasteiger partial charge in [0, 0.05) is 18.6 Å². The first-order chi connectivity index (χ1) is 6.19. The lowest BCUT2D eigenvalue weighted by atomic mass is 10.1. The number of aliphatic hydroxyl groups is 2. The molecule has 1 aliphatic heterocycles. The van der Waals surface area contributed by atoms with Gasteiger partial charge in [-0.05, 0) is 13.8 Å². The van der Waals surface area contributed by atoms with Gasteiger partial charge in [-0.15, -0.1) is 0 Å². The van der Waals surface area contributed by atoms with Crippen LogP contribution in [0, 0.1) is 0 Å². The van der Waals surface area contributed by atoms with E-state index < -0.39 is 0 Å². The van der Waals surface area contributed by atoms with Crippen LogP contribution in [0.1, 0.15) is 13.8 Å². The van der Waals surface area contributed by atoms with Crippen molar-refractivity contribution in [2.75, 3.05) is 26.4 Å². The highest BCUT2D eigenvalue weighted by Crippen LogP contribution is 2.14. The standard InChI is InChI=1S/C9H19NO3/c1-7(4-11)10-3-9(5-12)13-6-8(10)2/h7-9,11-12H,3-6H2,1-2H3. The lowest BCUT2D eigenvalue weighted by molar-refractivity contribution is -0.0939. The molecule has 2 N–H and O–H groups in total. The number of ether oxygens (including phenoxy) is 1. The van der Waals surface area contributed by atoms with Crippen molar-refractivity contribution in [2.24, 2.45) is 0 Å². The smallest absolute Gasteiger partial charge is 0.0933 e. The molecular formula is C9H19NO3. The van der Waals surface area contributed by atoms with E-state index in [0.29, 0.717) is 19.2 Å². The van der Waals surface area contributed by atoms with Crippen LogP contribution in [0.15, 0.2) is 0 Å². The lowest BCUT2D eigenvalue weighted by Crippen LogP contribution is -2.53. The van der Waals surface area contributed by atoms with E-state index in [0.717, 1.165) is 0 Å². The Morgan fingerprint density at radius 2 is 2.23 bits per heavy atom. The SMILES string of the molecule is CC(CO)N1CC(CO)OCC1C. The predicted molar refractivity (Wildman–Crippen MR) is 49.5 cm³/mol. The van der Waals surface area contributed by atoms with E-state index in [9.17, 15) is 0 Å². The number of hydrogen-bond donors (Lipinski definition) is 2. The molecule has 1 fully saturated rings. The highest BCUT2D eigenvalue weighted by atomic mass is 16.5. The van der Waals surface area contributed by atoms with Crippen molar-refractivity contribution in [3.05, 3.63) is 0 Å². The monoisotopic (exact) mass is 189 g/mol. The molecule has 0 amide bonds. The van der Waals surface area contributed by atoms with Crippen LogP contribution in [-0.4, -0.2) is 59.7 Å². The predicted octanol–water partition coefficient (Wildman–Crippen LogP) is -0.551. The Labute approximate surface area is 79.1 Å². The zero-order chi connectivity index (χ0) is 9.84. The molecule has 0 aromatic rings. The maximum Gasteiger partial charge on any atom is 0.0933 e. The van der Waals surface area contributed by atoms with Gasteiger partial charge in [-0.2, -0.15) is 0 Å². The van der Waals surface area contributed by atoms with E-state index >= 15 is 0 Å². The fraction of sp³-hybridized carbons (Fsp3) is 1.00. The molecule has 0 bridgehead atoms. The summed E-state index contributed by atoms with van der Waals surface area (Å²) in [7, 11) is 0. The zero-order valence-corrected chi connectivity index (χ0v) is 8.31. The fourth-order valence-electron chi connectivity index (χ4n) is 1.67. The molecule has 1 aliphatic rings. The molecule has 0 aliphatic carbocycles. The van der Waals surface area contributed by atoms with Gasteiger partial charge in [0.2, 0.25) is 0 Å². The van der Waals surface area contributed by atoms with E-state index in [1.807, 2.05) is 6.92 Å². The largest absolute Gasteiger partial charge is 0.395 e. The Hall–Kier alpha value is -0.160. The summed E-state index contributed by atoms with van der Waals surface area (Å²) < 4.78 is 5.39. The van der Waals surface area contributed by atoms with Crippen LogP contribution in [0.2, 0.25) is 0 Å². The van der Waals surface area contributed by atoms with Crippen molar-refractivity contribution in [3.8, 4) is 0 Å². The van der Waals surface area contributed by atoms with Gasteiger partial charge < -0.3 is 14.9 Å². The van der Waals surface area contributed by atoms with E-state index in [1.165, 1.54) is 0 Å². The summed E-state index contributed by atoms with van der Waals surface area (Å²) in [6, 6.07) is 0.470. The topological polar surface area (TPSA) is 52.9 Å². The number of hydrogen-bond acceptors (Lipinski definition) is 4. The third kappa shape index (κ3) is 2.64. The Morgan fingerprint density at radius 3 is 2.77 bits per heavy atom. The van der Waals surface area contributed by atoms with Crippen molar-refractivity contribution < 1.29 is 14.9 Å². The average Bonchev–Trinajstić information content (AvgIpc) is 2.17.